The molecule has 0 aliphatic heterocycles. The molecule has 0 spiro atoms. The van der Waals surface area contributed by atoms with Gasteiger partial charge in [-0.3, -0.25) is 9.59 Å². The van der Waals surface area contributed by atoms with Crippen LogP contribution in [0.25, 0.3) is 0 Å². The van der Waals surface area contributed by atoms with E-state index in [1.807, 2.05) is 0 Å². The van der Waals surface area contributed by atoms with Gasteiger partial charge >= 0.3 is 5.97 Å². The van der Waals surface area contributed by atoms with E-state index < -0.39 is 11.4 Å². The molecule has 1 atom stereocenters. The number of rotatable bonds is 6. The van der Waals surface area contributed by atoms with Crippen LogP contribution in [0.3, 0.4) is 0 Å². The highest BCUT2D eigenvalue weighted by Crippen LogP contribution is 2.31. The van der Waals surface area contributed by atoms with Crippen LogP contribution in [0.5, 0.6) is 0 Å². The molecule has 0 aromatic carbocycles. The average Bonchev–Trinajstić information content (AvgIpc) is 2.13. The Morgan fingerprint density at radius 2 is 2.00 bits per heavy atom. The molecule has 0 radical (unpaired) electrons. The first kappa shape index (κ1) is 13.9. The molecule has 0 aromatic heterocycles. The van der Waals surface area contributed by atoms with Crippen LogP contribution < -0.4 is 11.1 Å². The van der Waals surface area contributed by atoms with Gasteiger partial charge in [-0.1, -0.05) is 13.8 Å². The zero-order valence-corrected chi connectivity index (χ0v) is 9.54. The van der Waals surface area contributed by atoms with Crippen LogP contribution in [0.1, 0.15) is 27.2 Å². The number of carboxylic acid groups (broad SMARTS) is 1. The fourth-order valence-electron chi connectivity index (χ4n) is 1.13. The molecule has 4 N–H and O–H groups in total. The van der Waals surface area contributed by atoms with Crippen LogP contribution in [0, 0.1) is 11.3 Å². The third kappa shape index (κ3) is 3.87. The van der Waals surface area contributed by atoms with Crippen molar-refractivity contribution >= 4 is 11.9 Å². The smallest absolute Gasteiger partial charge is 0.310 e. The molecule has 1 unspecified atom stereocenters. The second kappa shape index (κ2) is 5.70. The summed E-state index contributed by atoms with van der Waals surface area (Å²) in [6, 6.07) is 0. The third-order valence-electron chi connectivity index (χ3n) is 2.76. The third-order valence-corrected chi connectivity index (χ3v) is 2.76. The van der Waals surface area contributed by atoms with Crippen LogP contribution in [0.15, 0.2) is 0 Å². The Morgan fingerprint density at radius 3 is 2.33 bits per heavy atom. The molecule has 0 heterocycles. The normalized spacial score (nSPS) is 14.7. The van der Waals surface area contributed by atoms with Crippen LogP contribution >= 0.6 is 0 Å². The quantitative estimate of drug-likeness (QED) is 0.591. The number of amides is 1. The predicted octanol–water partition coefficient (Wildman–Crippen LogP) is 0.198. The molecule has 5 nitrogen and oxygen atoms in total. The van der Waals surface area contributed by atoms with Crippen molar-refractivity contribution in [3.8, 4) is 0 Å². The molecular formula is C10H20N2O3. The van der Waals surface area contributed by atoms with Gasteiger partial charge in [0, 0.05) is 19.5 Å². The van der Waals surface area contributed by atoms with Gasteiger partial charge in [-0.25, -0.2) is 0 Å². The van der Waals surface area contributed by atoms with Crippen molar-refractivity contribution < 1.29 is 14.7 Å². The second-order valence-corrected chi connectivity index (χ2v) is 4.19. The molecule has 1 amide bonds. The van der Waals surface area contributed by atoms with Crippen molar-refractivity contribution in [1.82, 2.24) is 5.32 Å². The first-order valence-electron chi connectivity index (χ1n) is 5.04. The van der Waals surface area contributed by atoms with E-state index in [9.17, 15) is 9.59 Å². The van der Waals surface area contributed by atoms with Crippen LogP contribution in [0.4, 0.5) is 0 Å². The molecule has 0 bridgehead atoms. The van der Waals surface area contributed by atoms with Crippen LogP contribution in [0.2, 0.25) is 0 Å². The standard InChI is InChI=1S/C10H20N2O3/c1-7(2)10(3,9(14)15)6-8(13)12-5-4-11/h7H,4-6,11H2,1-3H3,(H,12,13)(H,14,15). The van der Waals surface area contributed by atoms with E-state index in [0.717, 1.165) is 0 Å². The summed E-state index contributed by atoms with van der Waals surface area (Å²) in [7, 11) is 0. The largest absolute Gasteiger partial charge is 0.481 e. The van der Waals surface area contributed by atoms with E-state index >= 15 is 0 Å². The number of carbonyl (C=O) groups is 2. The Hall–Kier alpha value is -1.10. The first-order chi connectivity index (χ1) is 6.84. The van der Waals surface area contributed by atoms with Gasteiger partial charge in [0.25, 0.3) is 0 Å². The summed E-state index contributed by atoms with van der Waals surface area (Å²) in [5.74, 6) is -1.31. The maximum Gasteiger partial charge on any atom is 0.310 e. The topological polar surface area (TPSA) is 92.4 Å². The molecule has 88 valence electrons. The van der Waals surface area contributed by atoms with Gasteiger partial charge < -0.3 is 16.2 Å². The lowest BCUT2D eigenvalue weighted by atomic mass is 9.76. The molecule has 0 rings (SSSR count). The fourth-order valence-corrected chi connectivity index (χ4v) is 1.13. The molecule has 15 heavy (non-hydrogen) atoms. The van der Waals surface area contributed by atoms with Crippen molar-refractivity contribution in [3.63, 3.8) is 0 Å². The highest BCUT2D eigenvalue weighted by molar-refractivity contribution is 5.84. The molecule has 0 aliphatic carbocycles. The molecule has 0 saturated carbocycles. The minimum atomic E-state index is -1.02. The monoisotopic (exact) mass is 216 g/mol. The number of aliphatic carboxylic acids is 1. The average molecular weight is 216 g/mol. The van der Waals surface area contributed by atoms with E-state index in [0.29, 0.717) is 13.1 Å². The van der Waals surface area contributed by atoms with Gasteiger partial charge in [-0.2, -0.15) is 0 Å². The lowest BCUT2D eigenvalue weighted by Crippen LogP contribution is -2.40. The molecule has 0 saturated heterocycles. The van der Waals surface area contributed by atoms with Crippen LogP contribution in [-0.2, 0) is 9.59 Å². The fraction of sp³-hybridized carbons (Fsp3) is 0.800. The van der Waals surface area contributed by atoms with Gasteiger partial charge in [0.15, 0.2) is 0 Å². The summed E-state index contributed by atoms with van der Waals surface area (Å²) in [6.07, 6.45) is -0.0139. The number of hydrogen-bond donors (Lipinski definition) is 3. The maximum atomic E-state index is 11.4. The summed E-state index contributed by atoms with van der Waals surface area (Å²) >= 11 is 0. The minimum absolute atomic E-state index is 0.0139. The van der Waals surface area contributed by atoms with Crippen molar-refractivity contribution in [3.05, 3.63) is 0 Å². The maximum absolute atomic E-state index is 11.4. The molecule has 5 heteroatoms. The molecule has 0 fully saturated rings. The summed E-state index contributed by atoms with van der Waals surface area (Å²) < 4.78 is 0. The lowest BCUT2D eigenvalue weighted by molar-refractivity contribution is -0.153. The van der Waals surface area contributed by atoms with Crippen molar-refractivity contribution in [2.75, 3.05) is 13.1 Å². The number of carbonyl (C=O) groups excluding carboxylic acids is 1. The van der Waals surface area contributed by atoms with Gasteiger partial charge in [-0.15, -0.1) is 0 Å². The Balaban J connectivity index is 4.43. The summed E-state index contributed by atoms with van der Waals surface area (Å²) in [4.78, 5) is 22.5. The van der Waals surface area contributed by atoms with Crippen molar-refractivity contribution in [2.45, 2.75) is 27.2 Å². The first-order valence-corrected chi connectivity index (χ1v) is 5.04. The lowest BCUT2D eigenvalue weighted by Gasteiger charge is -2.28. The van der Waals surface area contributed by atoms with Crippen molar-refractivity contribution in [2.24, 2.45) is 17.1 Å². The summed E-state index contributed by atoms with van der Waals surface area (Å²) in [5.41, 5.74) is 4.21. The van der Waals surface area contributed by atoms with Gasteiger partial charge in [0.1, 0.15) is 0 Å². The van der Waals surface area contributed by atoms with Gasteiger partial charge in [0.2, 0.25) is 5.91 Å². The predicted molar refractivity (Wildman–Crippen MR) is 57.3 cm³/mol. The van der Waals surface area contributed by atoms with E-state index in [1.165, 1.54) is 0 Å². The SMILES string of the molecule is CC(C)C(C)(CC(=O)NCCN)C(=O)O. The summed E-state index contributed by atoms with van der Waals surface area (Å²) in [5, 5.41) is 11.6. The molecule has 0 aliphatic rings. The zero-order chi connectivity index (χ0) is 12.1. The number of nitrogens with one attached hydrogen (secondary N) is 1. The number of nitrogens with two attached hydrogens (primary N) is 1. The van der Waals surface area contributed by atoms with E-state index in [2.05, 4.69) is 5.32 Å². The Labute approximate surface area is 90.0 Å². The molecule has 0 aromatic rings. The highest BCUT2D eigenvalue weighted by Gasteiger charge is 2.38. The zero-order valence-electron chi connectivity index (χ0n) is 9.54. The van der Waals surface area contributed by atoms with E-state index in [4.69, 9.17) is 10.8 Å². The van der Waals surface area contributed by atoms with Gasteiger partial charge in [-0.05, 0) is 12.8 Å². The number of carboxylic acids is 1. The Kier molecular flexibility index (Phi) is 5.28. The molecular weight excluding hydrogens is 196 g/mol. The van der Waals surface area contributed by atoms with Gasteiger partial charge in [0.05, 0.1) is 5.41 Å². The number of hydrogen-bond acceptors (Lipinski definition) is 3. The second-order valence-electron chi connectivity index (χ2n) is 4.19. The highest BCUT2D eigenvalue weighted by atomic mass is 16.4. The Bertz CT molecular complexity index is 241. The van der Waals surface area contributed by atoms with Crippen molar-refractivity contribution in [1.29, 1.82) is 0 Å². The van der Waals surface area contributed by atoms with E-state index in [1.54, 1.807) is 20.8 Å². The Morgan fingerprint density at radius 1 is 1.47 bits per heavy atom. The van der Waals surface area contributed by atoms with Crippen LogP contribution in [-0.4, -0.2) is 30.1 Å². The van der Waals surface area contributed by atoms with E-state index in [-0.39, 0.29) is 18.2 Å². The minimum Gasteiger partial charge on any atom is -0.481 e. The summed E-state index contributed by atoms with van der Waals surface area (Å²) in [6.45, 7) is 5.92.